The highest BCUT2D eigenvalue weighted by molar-refractivity contribution is 4.76. The molecule has 1 rings (SSSR count). The van der Waals surface area contributed by atoms with Crippen LogP contribution in [0.25, 0.3) is 0 Å². The molecule has 1 aliphatic heterocycles. The summed E-state index contributed by atoms with van der Waals surface area (Å²) >= 11 is 0. The maximum atomic E-state index is 9.91. The average molecular weight is 228 g/mol. The van der Waals surface area contributed by atoms with Crippen LogP contribution in [-0.4, -0.2) is 36.9 Å². The second-order valence-corrected chi connectivity index (χ2v) is 6.20. The fourth-order valence-corrected chi connectivity index (χ4v) is 2.30. The first-order chi connectivity index (χ1) is 7.47. The van der Waals surface area contributed by atoms with E-state index in [0.717, 1.165) is 26.1 Å². The minimum Gasteiger partial charge on any atom is -0.392 e. The minimum absolute atomic E-state index is 0.212. The monoisotopic (exact) mass is 228 g/mol. The van der Waals surface area contributed by atoms with Gasteiger partial charge >= 0.3 is 0 Å². The summed E-state index contributed by atoms with van der Waals surface area (Å²) in [5, 5.41) is 16.8. The standard InChI is InChI=1S/C13H28N2O/c1-13(2,3)9-12(16)10-15-11-5-4-7-14-8-6-11/h11-12,14-16H,4-10H2,1-3H3. The number of hydrogen-bond acceptors (Lipinski definition) is 3. The summed E-state index contributed by atoms with van der Waals surface area (Å²) in [4.78, 5) is 0. The van der Waals surface area contributed by atoms with Gasteiger partial charge in [0.15, 0.2) is 0 Å². The van der Waals surface area contributed by atoms with Crippen LogP contribution in [0.1, 0.15) is 46.5 Å². The fourth-order valence-electron chi connectivity index (χ4n) is 2.30. The lowest BCUT2D eigenvalue weighted by molar-refractivity contribution is 0.116. The highest BCUT2D eigenvalue weighted by Crippen LogP contribution is 2.20. The van der Waals surface area contributed by atoms with Crippen LogP contribution in [0.2, 0.25) is 0 Å². The Morgan fingerprint density at radius 3 is 2.75 bits per heavy atom. The summed E-state index contributed by atoms with van der Waals surface area (Å²) in [5.74, 6) is 0. The lowest BCUT2D eigenvalue weighted by atomic mass is 9.89. The lowest BCUT2D eigenvalue weighted by Gasteiger charge is -2.24. The van der Waals surface area contributed by atoms with Crippen LogP contribution >= 0.6 is 0 Å². The SMILES string of the molecule is CC(C)(C)CC(O)CNC1CCCNCC1. The van der Waals surface area contributed by atoms with Crippen LogP contribution < -0.4 is 10.6 Å². The molecule has 0 aromatic heterocycles. The third kappa shape index (κ3) is 6.46. The maximum absolute atomic E-state index is 9.91. The zero-order valence-electron chi connectivity index (χ0n) is 11.1. The van der Waals surface area contributed by atoms with Crippen LogP contribution in [0.15, 0.2) is 0 Å². The molecule has 3 nitrogen and oxygen atoms in total. The summed E-state index contributed by atoms with van der Waals surface area (Å²) < 4.78 is 0. The van der Waals surface area contributed by atoms with Gasteiger partial charge in [0.1, 0.15) is 0 Å². The van der Waals surface area contributed by atoms with E-state index in [0.29, 0.717) is 6.04 Å². The Hall–Kier alpha value is -0.120. The molecule has 1 heterocycles. The first-order valence-electron chi connectivity index (χ1n) is 6.59. The maximum Gasteiger partial charge on any atom is 0.0669 e. The molecule has 2 atom stereocenters. The van der Waals surface area contributed by atoms with Crippen LogP contribution in [0.5, 0.6) is 0 Å². The highest BCUT2D eigenvalue weighted by Gasteiger charge is 2.18. The molecule has 1 aliphatic rings. The van der Waals surface area contributed by atoms with E-state index in [1.165, 1.54) is 19.3 Å². The Morgan fingerprint density at radius 1 is 1.31 bits per heavy atom. The minimum atomic E-state index is -0.212. The molecular weight excluding hydrogens is 200 g/mol. The predicted molar refractivity (Wildman–Crippen MR) is 68.6 cm³/mol. The van der Waals surface area contributed by atoms with E-state index in [-0.39, 0.29) is 11.5 Å². The largest absolute Gasteiger partial charge is 0.392 e. The Balaban J connectivity index is 2.17. The molecular formula is C13H28N2O. The van der Waals surface area contributed by atoms with Crippen molar-refractivity contribution in [2.45, 2.75) is 58.6 Å². The van der Waals surface area contributed by atoms with Crippen molar-refractivity contribution in [3.63, 3.8) is 0 Å². The highest BCUT2D eigenvalue weighted by atomic mass is 16.3. The third-order valence-electron chi connectivity index (χ3n) is 3.07. The second kappa shape index (κ2) is 6.58. The summed E-state index contributed by atoms with van der Waals surface area (Å²) in [6, 6.07) is 0.588. The summed E-state index contributed by atoms with van der Waals surface area (Å²) in [6.07, 6.45) is 4.31. The summed E-state index contributed by atoms with van der Waals surface area (Å²) in [7, 11) is 0. The molecule has 96 valence electrons. The van der Waals surface area contributed by atoms with Crippen molar-refractivity contribution in [3.8, 4) is 0 Å². The van der Waals surface area contributed by atoms with Gasteiger partial charge in [-0.25, -0.2) is 0 Å². The molecule has 0 amide bonds. The van der Waals surface area contributed by atoms with Crippen molar-refractivity contribution in [1.82, 2.24) is 10.6 Å². The lowest BCUT2D eigenvalue weighted by Crippen LogP contribution is -2.37. The Labute approximate surface area is 100 Å². The van der Waals surface area contributed by atoms with E-state index in [1.807, 2.05) is 0 Å². The molecule has 0 saturated carbocycles. The van der Waals surface area contributed by atoms with Gasteiger partial charge in [0.2, 0.25) is 0 Å². The second-order valence-electron chi connectivity index (χ2n) is 6.20. The fraction of sp³-hybridized carbons (Fsp3) is 1.00. The van der Waals surface area contributed by atoms with Crippen molar-refractivity contribution >= 4 is 0 Å². The van der Waals surface area contributed by atoms with Crippen molar-refractivity contribution in [1.29, 1.82) is 0 Å². The van der Waals surface area contributed by atoms with E-state index in [9.17, 15) is 5.11 Å². The molecule has 16 heavy (non-hydrogen) atoms. The Bertz CT molecular complexity index is 181. The van der Waals surface area contributed by atoms with Crippen molar-refractivity contribution < 1.29 is 5.11 Å². The molecule has 0 aliphatic carbocycles. The van der Waals surface area contributed by atoms with E-state index in [1.54, 1.807) is 0 Å². The molecule has 1 saturated heterocycles. The van der Waals surface area contributed by atoms with Crippen LogP contribution in [0.3, 0.4) is 0 Å². The topological polar surface area (TPSA) is 44.3 Å². The van der Waals surface area contributed by atoms with Crippen molar-refractivity contribution in [2.24, 2.45) is 5.41 Å². The molecule has 1 fully saturated rings. The van der Waals surface area contributed by atoms with Gasteiger partial charge in [-0.05, 0) is 44.2 Å². The Morgan fingerprint density at radius 2 is 2.06 bits per heavy atom. The third-order valence-corrected chi connectivity index (χ3v) is 3.07. The molecule has 0 aromatic carbocycles. The first-order valence-corrected chi connectivity index (χ1v) is 6.59. The number of aliphatic hydroxyl groups excluding tert-OH is 1. The first kappa shape index (κ1) is 13.9. The van der Waals surface area contributed by atoms with Crippen LogP contribution in [-0.2, 0) is 0 Å². The molecule has 3 N–H and O–H groups in total. The van der Waals surface area contributed by atoms with Gasteiger partial charge in [-0.15, -0.1) is 0 Å². The molecule has 0 spiro atoms. The van der Waals surface area contributed by atoms with Gasteiger partial charge in [0.25, 0.3) is 0 Å². The van der Waals surface area contributed by atoms with E-state index in [2.05, 4.69) is 31.4 Å². The van der Waals surface area contributed by atoms with E-state index < -0.39 is 0 Å². The van der Waals surface area contributed by atoms with Gasteiger partial charge in [-0.2, -0.15) is 0 Å². The van der Waals surface area contributed by atoms with Gasteiger partial charge in [0.05, 0.1) is 6.10 Å². The molecule has 0 radical (unpaired) electrons. The molecule has 2 unspecified atom stereocenters. The predicted octanol–water partition coefficient (Wildman–Crippen LogP) is 1.52. The van der Waals surface area contributed by atoms with Gasteiger partial charge in [-0.3, -0.25) is 0 Å². The van der Waals surface area contributed by atoms with Gasteiger partial charge < -0.3 is 15.7 Å². The molecule has 0 bridgehead atoms. The van der Waals surface area contributed by atoms with Gasteiger partial charge in [0, 0.05) is 12.6 Å². The van der Waals surface area contributed by atoms with E-state index >= 15 is 0 Å². The zero-order chi connectivity index (χ0) is 12.0. The van der Waals surface area contributed by atoms with E-state index in [4.69, 9.17) is 0 Å². The summed E-state index contributed by atoms with van der Waals surface area (Å²) in [5.41, 5.74) is 0.214. The van der Waals surface area contributed by atoms with Gasteiger partial charge in [-0.1, -0.05) is 20.8 Å². The van der Waals surface area contributed by atoms with Crippen LogP contribution in [0.4, 0.5) is 0 Å². The van der Waals surface area contributed by atoms with Crippen LogP contribution in [0, 0.1) is 5.41 Å². The number of nitrogens with one attached hydrogen (secondary N) is 2. The number of hydrogen-bond donors (Lipinski definition) is 3. The zero-order valence-corrected chi connectivity index (χ0v) is 11.1. The van der Waals surface area contributed by atoms with Crippen molar-refractivity contribution in [2.75, 3.05) is 19.6 Å². The smallest absolute Gasteiger partial charge is 0.0669 e. The number of rotatable bonds is 4. The van der Waals surface area contributed by atoms with Crippen molar-refractivity contribution in [3.05, 3.63) is 0 Å². The molecule has 3 heteroatoms. The molecule has 0 aromatic rings. The quantitative estimate of drug-likeness (QED) is 0.683. The normalized spacial score (nSPS) is 25.1. The number of aliphatic hydroxyl groups is 1. The summed E-state index contributed by atoms with van der Waals surface area (Å²) in [6.45, 7) is 9.50. The average Bonchev–Trinajstić information content (AvgIpc) is 2.39. The Kier molecular flexibility index (Phi) is 5.73.